The van der Waals surface area contributed by atoms with E-state index in [2.05, 4.69) is 15.5 Å². The Hall–Kier alpha value is -1.44. The van der Waals surface area contributed by atoms with Gasteiger partial charge in [-0.2, -0.15) is 16.3 Å². The van der Waals surface area contributed by atoms with Crippen molar-refractivity contribution in [3.05, 3.63) is 22.7 Å². The molecule has 1 amide bonds. The van der Waals surface area contributed by atoms with Gasteiger partial charge in [-0.25, -0.2) is 0 Å². The van der Waals surface area contributed by atoms with Crippen molar-refractivity contribution >= 4 is 29.7 Å². The Kier molecular flexibility index (Phi) is 6.48. The smallest absolute Gasteiger partial charge is 0.227 e. The number of aryl methyl sites for hydroxylation is 1. The van der Waals surface area contributed by atoms with Gasteiger partial charge in [0.1, 0.15) is 0 Å². The molecule has 0 aromatic carbocycles. The van der Waals surface area contributed by atoms with Gasteiger partial charge in [0.05, 0.1) is 0 Å². The standard InChI is InChI=1S/C11H14N4O2S.ClH/c12-4-5-13-9(16)1-2-10-14-11(15-17-10)8-3-6-18-7-8;/h3,6-7H,1-2,4-5,12H2,(H,13,16);1H. The van der Waals surface area contributed by atoms with Gasteiger partial charge in [0.2, 0.25) is 17.6 Å². The summed E-state index contributed by atoms with van der Waals surface area (Å²) in [5.74, 6) is 0.975. The van der Waals surface area contributed by atoms with Gasteiger partial charge in [0.25, 0.3) is 0 Å². The number of aromatic nitrogens is 2. The van der Waals surface area contributed by atoms with Crippen molar-refractivity contribution in [3.8, 4) is 11.4 Å². The molecule has 2 heterocycles. The zero-order valence-corrected chi connectivity index (χ0v) is 11.8. The highest BCUT2D eigenvalue weighted by Crippen LogP contribution is 2.18. The van der Waals surface area contributed by atoms with Crippen LogP contribution in [0.15, 0.2) is 21.3 Å². The van der Waals surface area contributed by atoms with E-state index in [1.165, 1.54) is 0 Å². The summed E-state index contributed by atoms with van der Waals surface area (Å²) in [6.45, 7) is 0.928. The van der Waals surface area contributed by atoms with E-state index in [1.807, 2.05) is 16.8 Å². The molecule has 0 aliphatic carbocycles. The van der Waals surface area contributed by atoms with Crippen molar-refractivity contribution in [2.75, 3.05) is 13.1 Å². The zero-order chi connectivity index (χ0) is 12.8. The van der Waals surface area contributed by atoms with Crippen molar-refractivity contribution in [1.29, 1.82) is 0 Å². The zero-order valence-electron chi connectivity index (χ0n) is 10.2. The predicted octanol–water partition coefficient (Wildman–Crippen LogP) is 1.23. The molecule has 0 aliphatic heterocycles. The number of nitrogens with zero attached hydrogens (tertiary/aromatic N) is 2. The van der Waals surface area contributed by atoms with Crippen LogP contribution >= 0.6 is 23.7 Å². The molecule has 8 heteroatoms. The molecule has 0 saturated heterocycles. The fourth-order valence-corrected chi connectivity index (χ4v) is 2.02. The summed E-state index contributed by atoms with van der Waals surface area (Å²) < 4.78 is 5.08. The first kappa shape index (κ1) is 15.6. The van der Waals surface area contributed by atoms with Crippen LogP contribution in [0.4, 0.5) is 0 Å². The fourth-order valence-electron chi connectivity index (χ4n) is 1.39. The van der Waals surface area contributed by atoms with E-state index in [0.717, 1.165) is 5.56 Å². The van der Waals surface area contributed by atoms with Crippen molar-refractivity contribution in [3.63, 3.8) is 0 Å². The van der Waals surface area contributed by atoms with Gasteiger partial charge in [-0.3, -0.25) is 4.79 Å². The highest BCUT2D eigenvalue weighted by atomic mass is 35.5. The molecule has 104 valence electrons. The summed E-state index contributed by atoms with van der Waals surface area (Å²) in [4.78, 5) is 15.6. The van der Waals surface area contributed by atoms with Crippen LogP contribution in [-0.4, -0.2) is 29.1 Å². The summed E-state index contributed by atoms with van der Waals surface area (Å²) in [6.07, 6.45) is 0.763. The molecule has 0 saturated carbocycles. The minimum absolute atomic E-state index is 0. The SMILES string of the molecule is Cl.NCCNC(=O)CCc1nc(-c2ccsc2)no1. The van der Waals surface area contributed by atoms with Crippen LogP contribution in [0.1, 0.15) is 12.3 Å². The summed E-state index contributed by atoms with van der Waals surface area (Å²) in [7, 11) is 0. The second-order valence-corrected chi connectivity index (χ2v) is 4.44. The molecule has 19 heavy (non-hydrogen) atoms. The van der Waals surface area contributed by atoms with Gasteiger partial charge in [-0.1, -0.05) is 5.16 Å². The topological polar surface area (TPSA) is 94.0 Å². The maximum absolute atomic E-state index is 11.4. The van der Waals surface area contributed by atoms with Crippen LogP contribution in [0.3, 0.4) is 0 Å². The average molecular weight is 303 g/mol. The van der Waals surface area contributed by atoms with E-state index in [-0.39, 0.29) is 18.3 Å². The summed E-state index contributed by atoms with van der Waals surface area (Å²) >= 11 is 1.57. The number of amides is 1. The Morgan fingerprint density at radius 1 is 1.53 bits per heavy atom. The van der Waals surface area contributed by atoms with E-state index in [1.54, 1.807) is 11.3 Å². The third kappa shape index (κ3) is 4.62. The van der Waals surface area contributed by atoms with Gasteiger partial charge >= 0.3 is 0 Å². The maximum Gasteiger partial charge on any atom is 0.227 e. The predicted molar refractivity (Wildman–Crippen MR) is 75.2 cm³/mol. The highest BCUT2D eigenvalue weighted by Gasteiger charge is 2.10. The van der Waals surface area contributed by atoms with E-state index in [0.29, 0.717) is 37.6 Å². The number of carbonyl (C=O) groups excluding carboxylic acids is 1. The van der Waals surface area contributed by atoms with E-state index < -0.39 is 0 Å². The molecule has 0 spiro atoms. The molecule has 2 aromatic heterocycles. The van der Waals surface area contributed by atoms with Crippen LogP contribution in [0.2, 0.25) is 0 Å². The summed E-state index contributed by atoms with van der Waals surface area (Å²) in [5, 5.41) is 10.4. The number of halogens is 1. The number of nitrogens with two attached hydrogens (primary N) is 1. The lowest BCUT2D eigenvalue weighted by Crippen LogP contribution is -2.29. The molecule has 3 N–H and O–H groups in total. The van der Waals surface area contributed by atoms with Crippen molar-refractivity contribution < 1.29 is 9.32 Å². The molecule has 2 aromatic rings. The monoisotopic (exact) mass is 302 g/mol. The molecule has 0 aliphatic rings. The van der Waals surface area contributed by atoms with Gasteiger partial charge in [-0.05, 0) is 11.4 Å². The molecule has 0 unspecified atom stereocenters. The van der Waals surface area contributed by atoms with Crippen molar-refractivity contribution in [2.45, 2.75) is 12.8 Å². The second kappa shape index (κ2) is 7.88. The number of hydrogen-bond donors (Lipinski definition) is 2. The van der Waals surface area contributed by atoms with Crippen LogP contribution < -0.4 is 11.1 Å². The first-order valence-corrected chi connectivity index (χ1v) is 6.56. The molecule has 0 bridgehead atoms. The Bertz CT molecular complexity index is 501. The Morgan fingerprint density at radius 2 is 2.37 bits per heavy atom. The van der Waals surface area contributed by atoms with E-state index >= 15 is 0 Å². The lowest BCUT2D eigenvalue weighted by atomic mass is 10.3. The molecule has 0 fully saturated rings. The van der Waals surface area contributed by atoms with Crippen LogP contribution in [0, 0.1) is 0 Å². The van der Waals surface area contributed by atoms with Crippen LogP contribution in [0.25, 0.3) is 11.4 Å². The minimum Gasteiger partial charge on any atom is -0.355 e. The molecule has 6 nitrogen and oxygen atoms in total. The fraction of sp³-hybridized carbons (Fsp3) is 0.364. The van der Waals surface area contributed by atoms with Gasteiger partial charge in [-0.15, -0.1) is 12.4 Å². The lowest BCUT2D eigenvalue weighted by molar-refractivity contribution is -0.121. The molecular formula is C11H15ClN4O2S. The Morgan fingerprint density at radius 3 is 3.05 bits per heavy atom. The molecule has 0 atom stereocenters. The van der Waals surface area contributed by atoms with Gasteiger partial charge in [0.15, 0.2) is 0 Å². The number of hydrogen-bond acceptors (Lipinski definition) is 6. The number of nitrogens with one attached hydrogen (secondary N) is 1. The summed E-state index contributed by atoms with van der Waals surface area (Å²) in [6, 6.07) is 1.92. The Labute approximate surface area is 120 Å². The average Bonchev–Trinajstić information content (AvgIpc) is 3.03. The third-order valence-corrected chi connectivity index (χ3v) is 2.96. The lowest BCUT2D eigenvalue weighted by Gasteiger charge is -2.00. The summed E-state index contributed by atoms with van der Waals surface area (Å²) in [5.41, 5.74) is 6.22. The minimum atomic E-state index is -0.0595. The molecule has 0 radical (unpaired) electrons. The maximum atomic E-state index is 11.4. The van der Waals surface area contributed by atoms with E-state index in [9.17, 15) is 4.79 Å². The largest absolute Gasteiger partial charge is 0.355 e. The molecular weight excluding hydrogens is 288 g/mol. The van der Waals surface area contributed by atoms with Crippen molar-refractivity contribution in [1.82, 2.24) is 15.5 Å². The molecule has 2 rings (SSSR count). The van der Waals surface area contributed by atoms with Gasteiger partial charge < -0.3 is 15.6 Å². The highest BCUT2D eigenvalue weighted by molar-refractivity contribution is 7.08. The van der Waals surface area contributed by atoms with Crippen LogP contribution in [0.5, 0.6) is 0 Å². The third-order valence-electron chi connectivity index (χ3n) is 2.28. The quantitative estimate of drug-likeness (QED) is 0.837. The van der Waals surface area contributed by atoms with Crippen LogP contribution in [-0.2, 0) is 11.2 Å². The second-order valence-electron chi connectivity index (χ2n) is 3.66. The number of carbonyl (C=O) groups is 1. The normalized spacial score (nSPS) is 9.95. The first-order valence-electron chi connectivity index (χ1n) is 5.61. The van der Waals surface area contributed by atoms with E-state index in [4.69, 9.17) is 10.3 Å². The number of rotatable bonds is 6. The first-order chi connectivity index (χ1) is 8.79. The Balaban J connectivity index is 0.00000180. The van der Waals surface area contributed by atoms with Crippen molar-refractivity contribution in [2.24, 2.45) is 5.73 Å². The van der Waals surface area contributed by atoms with Gasteiger partial charge in [0, 0.05) is 36.9 Å². The number of thiophene rings is 1.